The van der Waals surface area contributed by atoms with Gasteiger partial charge in [0.25, 0.3) is 0 Å². The van der Waals surface area contributed by atoms with Crippen LogP contribution in [0.15, 0.2) is 15.0 Å². The molecule has 0 bridgehead atoms. The van der Waals surface area contributed by atoms with Gasteiger partial charge in [0, 0.05) is 51.6 Å². The fraction of sp³-hybridized carbons (Fsp3) is 0.818. The number of amides is 1. The first kappa shape index (κ1) is 21.6. The van der Waals surface area contributed by atoms with Crippen molar-refractivity contribution in [3.8, 4) is 0 Å². The number of fused-ring (bicyclic) bond motifs is 1. The molecule has 4 heterocycles. The molecule has 166 valence electrons. The number of rotatable bonds is 5. The van der Waals surface area contributed by atoms with E-state index in [1.807, 2.05) is 18.0 Å². The quantitative estimate of drug-likeness (QED) is 0.683. The van der Waals surface area contributed by atoms with Crippen molar-refractivity contribution >= 4 is 23.7 Å². The van der Waals surface area contributed by atoms with Crippen LogP contribution in [0.5, 0.6) is 0 Å². The maximum Gasteiger partial charge on any atom is 0.237 e. The number of ether oxygens (including phenoxy) is 3. The van der Waals surface area contributed by atoms with E-state index in [9.17, 15) is 4.79 Å². The molecule has 7 unspecified atom stereocenters. The predicted octanol–water partition coefficient (Wildman–Crippen LogP) is 1.97. The van der Waals surface area contributed by atoms with Crippen LogP contribution in [-0.4, -0.2) is 87.0 Å². The van der Waals surface area contributed by atoms with E-state index in [0.29, 0.717) is 19.6 Å². The highest BCUT2D eigenvalue weighted by Crippen LogP contribution is 2.37. The summed E-state index contributed by atoms with van der Waals surface area (Å²) in [6, 6.07) is 0.127. The van der Waals surface area contributed by atoms with Crippen LogP contribution >= 0.6 is 0 Å². The molecule has 1 amide bonds. The van der Waals surface area contributed by atoms with E-state index in [2.05, 4.69) is 16.9 Å². The molecule has 1 fully saturated rings. The smallest absolute Gasteiger partial charge is 0.237 e. The van der Waals surface area contributed by atoms with E-state index in [1.165, 1.54) is 0 Å². The number of likely N-dealkylation sites (tertiary alicyclic amines) is 1. The second-order valence-corrected chi connectivity index (χ2v) is 8.77. The average molecular weight is 419 g/mol. The maximum absolute atomic E-state index is 13.2. The summed E-state index contributed by atoms with van der Waals surface area (Å²) in [6.45, 7) is 6.15. The Morgan fingerprint density at radius 3 is 2.80 bits per heavy atom. The first-order valence-electron chi connectivity index (χ1n) is 11.2. The molecule has 4 rings (SSSR count). The van der Waals surface area contributed by atoms with Crippen molar-refractivity contribution in [3.05, 3.63) is 0 Å². The molecule has 4 aliphatic heterocycles. The lowest BCUT2D eigenvalue weighted by atomic mass is 9.78. The Labute approximate surface area is 178 Å². The van der Waals surface area contributed by atoms with Gasteiger partial charge in [0.1, 0.15) is 11.9 Å². The molecule has 7 atom stereocenters. The summed E-state index contributed by atoms with van der Waals surface area (Å²) in [7, 11) is 3.36. The number of methoxy groups -OCH3 is 2. The van der Waals surface area contributed by atoms with Gasteiger partial charge < -0.3 is 14.2 Å². The first-order chi connectivity index (χ1) is 14.5. The van der Waals surface area contributed by atoms with Crippen LogP contribution in [-0.2, 0) is 19.0 Å². The van der Waals surface area contributed by atoms with E-state index in [-0.39, 0.29) is 48.1 Å². The lowest BCUT2D eigenvalue weighted by Gasteiger charge is -2.35. The third kappa shape index (κ3) is 4.09. The number of hydrogen-bond donors (Lipinski definition) is 0. The molecular formula is C22H34N4O4. The molecule has 0 N–H and O–H groups in total. The molecule has 0 spiro atoms. The van der Waals surface area contributed by atoms with E-state index < -0.39 is 0 Å². The monoisotopic (exact) mass is 418 g/mol. The van der Waals surface area contributed by atoms with Gasteiger partial charge in [0.15, 0.2) is 6.23 Å². The number of aliphatic imine (C=N–C) groups is 3. The summed E-state index contributed by atoms with van der Waals surface area (Å²) >= 11 is 0. The van der Waals surface area contributed by atoms with Gasteiger partial charge in [-0.1, -0.05) is 6.92 Å². The minimum Gasteiger partial charge on any atom is -0.378 e. The second kappa shape index (κ2) is 9.24. The van der Waals surface area contributed by atoms with Crippen molar-refractivity contribution < 1.29 is 19.0 Å². The zero-order valence-electron chi connectivity index (χ0n) is 18.5. The minimum absolute atomic E-state index is 0.0629. The summed E-state index contributed by atoms with van der Waals surface area (Å²) < 4.78 is 16.8. The summed E-state index contributed by atoms with van der Waals surface area (Å²) in [4.78, 5) is 29.4. The highest BCUT2D eigenvalue weighted by Gasteiger charge is 2.47. The summed E-state index contributed by atoms with van der Waals surface area (Å²) in [5.41, 5.74) is 1.00. The summed E-state index contributed by atoms with van der Waals surface area (Å²) in [5.74, 6) is 1.35. The molecule has 0 aromatic heterocycles. The van der Waals surface area contributed by atoms with Gasteiger partial charge in [-0.25, -0.2) is 0 Å². The average Bonchev–Trinajstić information content (AvgIpc) is 3.10. The Hall–Kier alpha value is -1.64. The number of hydrogen-bond acceptors (Lipinski definition) is 7. The van der Waals surface area contributed by atoms with Crippen LogP contribution in [0, 0.1) is 17.8 Å². The van der Waals surface area contributed by atoms with Crippen LogP contribution in [0.1, 0.15) is 39.5 Å². The molecule has 0 radical (unpaired) electrons. The van der Waals surface area contributed by atoms with Crippen LogP contribution in [0.4, 0.5) is 0 Å². The second-order valence-electron chi connectivity index (χ2n) is 8.77. The minimum atomic E-state index is -0.251. The van der Waals surface area contributed by atoms with E-state index in [1.54, 1.807) is 14.2 Å². The third-order valence-electron chi connectivity index (χ3n) is 6.88. The van der Waals surface area contributed by atoms with Crippen LogP contribution in [0.2, 0.25) is 0 Å². The molecule has 30 heavy (non-hydrogen) atoms. The molecule has 4 aliphatic rings. The summed E-state index contributed by atoms with van der Waals surface area (Å²) in [5, 5.41) is 0. The lowest BCUT2D eigenvalue weighted by Crippen LogP contribution is -2.42. The largest absolute Gasteiger partial charge is 0.378 e. The zero-order chi connectivity index (χ0) is 21.3. The highest BCUT2D eigenvalue weighted by molar-refractivity contribution is 6.18. The molecule has 0 saturated carbocycles. The number of amidine groups is 1. The maximum atomic E-state index is 13.2. The van der Waals surface area contributed by atoms with E-state index >= 15 is 0 Å². The van der Waals surface area contributed by atoms with Crippen molar-refractivity contribution in [2.75, 3.05) is 33.9 Å². The Balaban J connectivity index is 1.50. The number of carbonyl (C=O) groups is 1. The molecule has 1 saturated heterocycles. The number of carbonyl (C=O) groups excluding carboxylic acids is 1. The van der Waals surface area contributed by atoms with Gasteiger partial charge >= 0.3 is 0 Å². The van der Waals surface area contributed by atoms with Crippen molar-refractivity contribution in [2.45, 2.75) is 64.0 Å². The molecule has 8 heteroatoms. The fourth-order valence-electron chi connectivity index (χ4n) is 5.31. The van der Waals surface area contributed by atoms with Crippen molar-refractivity contribution in [2.24, 2.45) is 32.7 Å². The lowest BCUT2D eigenvalue weighted by molar-refractivity contribution is -0.128. The molecular weight excluding hydrogens is 384 g/mol. The van der Waals surface area contributed by atoms with E-state index in [4.69, 9.17) is 19.2 Å². The Kier molecular flexibility index (Phi) is 6.65. The SMILES string of the molecule is CCOC1CCN=C(N2CC3=NC(C4C=NC(OC)C(OC)C4)CC(C)C3C2=O)C1. The Morgan fingerprint density at radius 1 is 1.23 bits per heavy atom. The van der Waals surface area contributed by atoms with Gasteiger partial charge in [-0.3, -0.25) is 24.7 Å². The Bertz CT molecular complexity index is 737. The normalized spacial score (nSPS) is 39.0. The highest BCUT2D eigenvalue weighted by atomic mass is 16.5. The molecule has 0 aromatic carbocycles. The van der Waals surface area contributed by atoms with Gasteiger partial charge in [-0.15, -0.1) is 0 Å². The van der Waals surface area contributed by atoms with Crippen LogP contribution in [0.3, 0.4) is 0 Å². The molecule has 8 nitrogen and oxygen atoms in total. The number of nitrogens with zero attached hydrogens (tertiary/aromatic N) is 4. The zero-order valence-corrected chi connectivity index (χ0v) is 18.5. The first-order valence-corrected chi connectivity index (χ1v) is 11.2. The van der Waals surface area contributed by atoms with Crippen molar-refractivity contribution in [1.82, 2.24) is 4.90 Å². The van der Waals surface area contributed by atoms with Crippen LogP contribution in [0.25, 0.3) is 0 Å². The van der Waals surface area contributed by atoms with Gasteiger partial charge in [0.05, 0.1) is 24.6 Å². The summed E-state index contributed by atoms with van der Waals surface area (Å²) in [6.07, 6.45) is 5.17. The van der Waals surface area contributed by atoms with E-state index in [0.717, 1.165) is 37.4 Å². The topological polar surface area (TPSA) is 85.1 Å². The van der Waals surface area contributed by atoms with Crippen LogP contribution < -0.4 is 0 Å². The van der Waals surface area contributed by atoms with Gasteiger partial charge in [-0.2, -0.15) is 0 Å². The predicted molar refractivity (Wildman–Crippen MR) is 115 cm³/mol. The molecule has 0 aliphatic carbocycles. The fourth-order valence-corrected chi connectivity index (χ4v) is 5.31. The van der Waals surface area contributed by atoms with Gasteiger partial charge in [0.2, 0.25) is 5.91 Å². The van der Waals surface area contributed by atoms with Crippen molar-refractivity contribution in [3.63, 3.8) is 0 Å². The third-order valence-corrected chi connectivity index (χ3v) is 6.88. The molecule has 0 aromatic rings. The van der Waals surface area contributed by atoms with Crippen molar-refractivity contribution in [1.29, 1.82) is 0 Å². The van der Waals surface area contributed by atoms with Gasteiger partial charge in [-0.05, 0) is 32.1 Å². The Morgan fingerprint density at radius 2 is 2.07 bits per heavy atom. The standard InChI is InChI=1S/C22H34N4O4/c1-5-30-15-6-7-23-19(10-15)26-12-17-20(22(26)27)13(2)8-16(25-17)14-9-18(28-3)21(29-4)24-11-14/h11,13-16,18,20-21H,5-10,12H2,1-4H3.